The molecule has 0 radical (unpaired) electrons. The number of hydrogen-bond acceptors (Lipinski definition) is 8. The molecule has 4 rings (SSSR count). The van der Waals surface area contributed by atoms with Crippen molar-refractivity contribution in [3.63, 3.8) is 0 Å². The summed E-state index contributed by atoms with van der Waals surface area (Å²) in [6.07, 6.45) is -3.53. The first-order chi connectivity index (χ1) is 13.6. The van der Waals surface area contributed by atoms with Crippen molar-refractivity contribution in [1.82, 2.24) is 0 Å². The zero-order chi connectivity index (χ0) is 20.8. The monoisotopic (exact) mass is 406 g/mol. The van der Waals surface area contributed by atoms with Crippen molar-refractivity contribution in [3.8, 4) is 0 Å². The Balaban J connectivity index is 1.47. The maximum absolute atomic E-state index is 12.6. The van der Waals surface area contributed by atoms with Crippen LogP contribution in [-0.2, 0) is 33.2 Å². The van der Waals surface area contributed by atoms with Crippen LogP contribution in [0.3, 0.4) is 0 Å². The van der Waals surface area contributed by atoms with Gasteiger partial charge in [0, 0.05) is 5.56 Å². The van der Waals surface area contributed by atoms with Crippen LogP contribution in [0, 0.1) is 0 Å². The fourth-order valence-corrected chi connectivity index (χ4v) is 3.87. The molecule has 8 nitrogen and oxygen atoms in total. The van der Waals surface area contributed by atoms with E-state index in [9.17, 15) is 9.59 Å². The van der Waals surface area contributed by atoms with E-state index in [0.717, 1.165) is 0 Å². The van der Waals surface area contributed by atoms with Gasteiger partial charge in [-0.3, -0.25) is 9.59 Å². The Bertz CT molecular complexity index is 774. The molecule has 3 aliphatic rings. The number of ketones is 1. The van der Waals surface area contributed by atoms with Crippen molar-refractivity contribution >= 4 is 11.8 Å². The summed E-state index contributed by atoms with van der Waals surface area (Å²) < 4.78 is 34.9. The van der Waals surface area contributed by atoms with Crippen molar-refractivity contribution in [3.05, 3.63) is 35.9 Å². The Hall–Kier alpha value is -1.84. The van der Waals surface area contributed by atoms with E-state index in [0.29, 0.717) is 5.56 Å². The van der Waals surface area contributed by atoms with Crippen molar-refractivity contribution in [1.29, 1.82) is 0 Å². The number of ether oxygens (including phenoxy) is 6. The number of fused-ring (bicyclic) bond motifs is 1. The summed E-state index contributed by atoms with van der Waals surface area (Å²) in [7, 11) is 0. The van der Waals surface area contributed by atoms with Gasteiger partial charge in [0.15, 0.2) is 35.9 Å². The maximum Gasteiger partial charge on any atom is 0.314 e. The molecule has 0 amide bonds. The average molecular weight is 406 g/mol. The fourth-order valence-electron chi connectivity index (χ4n) is 3.87. The number of hydrogen-bond donors (Lipinski definition) is 0. The summed E-state index contributed by atoms with van der Waals surface area (Å²) in [4.78, 5) is 24.9. The first-order valence-corrected chi connectivity index (χ1v) is 9.74. The standard InChI is InChI=1S/C21H26O8/c1-20(2)24-11-14(27-20)16-17(18-19(26-16)29-21(3,4)28-18)25-15(23)10-13(22)12-8-6-5-7-9-12/h5-9,14,16-19H,10-11H2,1-4H3/t14-,16-,17+,18-,19+/m1/s1. The maximum atomic E-state index is 12.6. The van der Waals surface area contributed by atoms with Crippen LogP contribution in [0.25, 0.3) is 0 Å². The topological polar surface area (TPSA) is 89.5 Å². The number of benzene rings is 1. The zero-order valence-electron chi connectivity index (χ0n) is 17.0. The second kappa shape index (κ2) is 7.45. The molecule has 0 saturated carbocycles. The van der Waals surface area contributed by atoms with E-state index < -0.39 is 48.2 Å². The van der Waals surface area contributed by atoms with Gasteiger partial charge in [0.1, 0.15) is 18.6 Å². The van der Waals surface area contributed by atoms with Gasteiger partial charge in [0.25, 0.3) is 0 Å². The number of esters is 1. The average Bonchev–Trinajstić information content (AvgIpc) is 3.26. The Morgan fingerprint density at radius 2 is 1.72 bits per heavy atom. The molecule has 29 heavy (non-hydrogen) atoms. The third-order valence-electron chi connectivity index (χ3n) is 5.09. The molecule has 0 bridgehead atoms. The molecule has 3 heterocycles. The SMILES string of the molecule is CC1(C)O[C@@H]2O[C@H]([C@H]3COC(C)(C)O3)[C@H](OC(=O)CC(=O)c3ccccc3)[C@H]2O1. The quantitative estimate of drug-likeness (QED) is 0.418. The van der Waals surface area contributed by atoms with Crippen molar-refractivity contribution in [2.45, 2.75) is 76.4 Å². The summed E-state index contributed by atoms with van der Waals surface area (Å²) in [6.45, 7) is 7.42. The zero-order valence-corrected chi connectivity index (χ0v) is 17.0. The lowest BCUT2D eigenvalue weighted by Crippen LogP contribution is -2.45. The molecule has 158 valence electrons. The number of Topliss-reactive ketones (excluding diaryl/α,β-unsaturated/α-hetero) is 1. The van der Waals surface area contributed by atoms with Gasteiger partial charge in [-0.15, -0.1) is 0 Å². The minimum Gasteiger partial charge on any atom is -0.456 e. The van der Waals surface area contributed by atoms with Crippen LogP contribution in [-0.4, -0.2) is 60.6 Å². The van der Waals surface area contributed by atoms with Gasteiger partial charge in [-0.25, -0.2) is 0 Å². The van der Waals surface area contributed by atoms with Gasteiger partial charge in [-0.05, 0) is 27.7 Å². The van der Waals surface area contributed by atoms with Crippen molar-refractivity contribution in [2.75, 3.05) is 6.61 Å². The molecule has 0 unspecified atom stereocenters. The second-order valence-corrected chi connectivity index (χ2v) is 8.36. The number of carbonyl (C=O) groups is 2. The van der Waals surface area contributed by atoms with Crippen LogP contribution in [0.1, 0.15) is 44.5 Å². The number of carbonyl (C=O) groups excluding carboxylic acids is 2. The third-order valence-corrected chi connectivity index (χ3v) is 5.09. The molecule has 0 aromatic heterocycles. The van der Waals surface area contributed by atoms with E-state index in [2.05, 4.69) is 0 Å². The Morgan fingerprint density at radius 1 is 1.00 bits per heavy atom. The lowest BCUT2D eigenvalue weighted by Gasteiger charge is -2.28. The lowest BCUT2D eigenvalue weighted by atomic mass is 10.1. The molecule has 0 N–H and O–H groups in total. The van der Waals surface area contributed by atoms with Gasteiger partial charge in [-0.1, -0.05) is 30.3 Å². The highest BCUT2D eigenvalue weighted by atomic mass is 16.8. The van der Waals surface area contributed by atoms with E-state index in [1.165, 1.54) is 0 Å². The summed E-state index contributed by atoms with van der Waals surface area (Å²) in [5.74, 6) is -2.58. The fraction of sp³-hybridized carbons (Fsp3) is 0.619. The molecule has 0 aliphatic carbocycles. The molecule has 3 saturated heterocycles. The second-order valence-electron chi connectivity index (χ2n) is 8.36. The van der Waals surface area contributed by atoms with E-state index in [1.807, 2.05) is 0 Å². The minimum atomic E-state index is -0.864. The van der Waals surface area contributed by atoms with Gasteiger partial charge < -0.3 is 28.4 Å². The van der Waals surface area contributed by atoms with E-state index >= 15 is 0 Å². The van der Waals surface area contributed by atoms with Crippen LogP contribution < -0.4 is 0 Å². The van der Waals surface area contributed by atoms with Crippen molar-refractivity contribution < 1.29 is 38.0 Å². The first-order valence-electron chi connectivity index (χ1n) is 9.74. The third kappa shape index (κ3) is 4.36. The highest BCUT2D eigenvalue weighted by Crippen LogP contribution is 2.42. The largest absolute Gasteiger partial charge is 0.456 e. The molecular formula is C21H26O8. The molecule has 1 aromatic carbocycles. The molecule has 1 aromatic rings. The Kier molecular flexibility index (Phi) is 5.25. The van der Waals surface area contributed by atoms with Gasteiger partial charge >= 0.3 is 5.97 Å². The summed E-state index contributed by atoms with van der Waals surface area (Å²) >= 11 is 0. The predicted molar refractivity (Wildman–Crippen MR) is 98.9 cm³/mol. The van der Waals surface area contributed by atoms with Crippen molar-refractivity contribution in [2.24, 2.45) is 0 Å². The van der Waals surface area contributed by atoms with Crippen LogP contribution in [0.4, 0.5) is 0 Å². The Morgan fingerprint density at radius 3 is 2.38 bits per heavy atom. The molecule has 5 atom stereocenters. The van der Waals surface area contributed by atoms with E-state index in [1.54, 1.807) is 58.0 Å². The minimum absolute atomic E-state index is 0.289. The molecule has 3 aliphatic heterocycles. The van der Waals surface area contributed by atoms with E-state index in [4.69, 9.17) is 28.4 Å². The Labute approximate surface area is 169 Å². The summed E-state index contributed by atoms with van der Waals surface area (Å²) in [5.41, 5.74) is 0.456. The van der Waals surface area contributed by atoms with Crippen LogP contribution in [0.15, 0.2) is 30.3 Å². The van der Waals surface area contributed by atoms with Crippen LogP contribution in [0.2, 0.25) is 0 Å². The normalized spacial score (nSPS) is 34.7. The molecule has 8 heteroatoms. The highest BCUT2D eigenvalue weighted by molar-refractivity contribution is 6.05. The molecule has 0 spiro atoms. The van der Waals surface area contributed by atoms with E-state index in [-0.39, 0.29) is 18.8 Å². The van der Waals surface area contributed by atoms with Gasteiger partial charge in [-0.2, -0.15) is 0 Å². The highest BCUT2D eigenvalue weighted by Gasteiger charge is 2.60. The van der Waals surface area contributed by atoms with Gasteiger partial charge in [0.2, 0.25) is 0 Å². The first kappa shape index (κ1) is 20.4. The number of rotatable bonds is 5. The predicted octanol–water partition coefficient (Wildman–Crippen LogP) is 2.20. The summed E-state index contributed by atoms with van der Waals surface area (Å²) in [6, 6.07) is 8.62. The molecule has 3 fully saturated rings. The smallest absolute Gasteiger partial charge is 0.314 e. The molecular weight excluding hydrogens is 380 g/mol. The summed E-state index contributed by atoms with van der Waals surface area (Å²) in [5, 5.41) is 0. The van der Waals surface area contributed by atoms with Gasteiger partial charge in [0.05, 0.1) is 6.61 Å². The lowest BCUT2D eigenvalue weighted by molar-refractivity contribution is -0.235. The van der Waals surface area contributed by atoms with Crippen LogP contribution in [0.5, 0.6) is 0 Å². The van der Waals surface area contributed by atoms with Crippen LogP contribution >= 0.6 is 0 Å².